The number of aromatic nitrogens is 2. The molecule has 0 spiro atoms. The second-order valence-electron chi connectivity index (χ2n) is 19.2. The number of hydrazine groups is 1. The normalized spacial score (nSPS) is 20.8. The van der Waals surface area contributed by atoms with Crippen molar-refractivity contribution in [1.82, 2.24) is 35.9 Å². The third-order valence-electron chi connectivity index (χ3n) is 14.8. The molecule has 5 amide bonds. The van der Waals surface area contributed by atoms with E-state index in [1.54, 1.807) is 55.6 Å². The van der Waals surface area contributed by atoms with E-state index in [0.717, 1.165) is 37.1 Å². The first-order valence-electron chi connectivity index (χ1n) is 25.0. The van der Waals surface area contributed by atoms with Gasteiger partial charge >= 0.3 is 6.09 Å². The van der Waals surface area contributed by atoms with E-state index in [-0.39, 0.29) is 54.8 Å². The Kier molecular flexibility index (Phi) is 15.3. The molecule has 9 rings (SSSR count). The van der Waals surface area contributed by atoms with Crippen molar-refractivity contribution in [2.45, 2.75) is 95.4 Å². The van der Waals surface area contributed by atoms with Crippen molar-refractivity contribution in [3.05, 3.63) is 95.4 Å². The minimum Gasteiger partial charge on any atom is -0.495 e. The number of imide groups is 1. The minimum atomic E-state index is -0.561. The summed E-state index contributed by atoms with van der Waals surface area (Å²) in [5.41, 5.74) is 6.64. The summed E-state index contributed by atoms with van der Waals surface area (Å²) in [7, 11) is 3.32. The van der Waals surface area contributed by atoms with Gasteiger partial charge in [0.1, 0.15) is 29.9 Å². The molecule has 3 saturated heterocycles. The highest BCUT2D eigenvalue weighted by Crippen LogP contribution is 2.41. The summed E-state index contributed by atoms with van der Waals surface area (Å²) >= 11 is 0. The molecular formula is C52H64FN11O7. The Bertz CT molecular complexity index is 2580. The molecule has 4 aliphatic heterocycles. The van der Waals surface area contributed by atoms with Crippen LogP contribution >= 0.6 is 0 Å². The smallest absolute Gasteiger partial charge is 0.407 e. The van der Waals surface area contributed by atoms with Crippen LogP contribution in [0.1, 0.15) is 92.1 Å². The number of alkyl carbamates (subject to hydrolysis) is 1. The Labute approximate surface area is 413 Å². The number of ether oxygens (including phenoxy) is 2. The summed E-state index contributed by atoms with van der Waals surface area (Å²) in [6, 6.07) is 19.3. The molecule has 19 heteroatoms. The number of carbonyl (C=O) groups excluding carboxylic acids is 5. The van der Waals surface area contributed by atoms with Gasteiger partial charge in [0, 0.05) is 76.9 Å². The number of methoxy groups -OCH3 is 1. The monoisotopic (exact) mass is 973 g/mol. The van der Waals surface area contributed by atoms with E-state index in [0.29, 0.717) is 111 Å². The fourth-order valence-corrected chi connectivity index (χ4v) is 10.8. The quantitative estimate of drug-likeness (QED) is 0.103. The van der Waals surface area contributed by atoms with Gasteiger partial charge in [0.15, 0.2) is 5.82 Å². The maximum Gasteiger partial charge on any atom is 0.407 e. The molecule has 0 bridgehead atoms. The van der Waals surface area contributed by atoms with Crippen LogP contribution in [0.4, 0.5) is 38.0 Å². The number of benzene rings is 3. The number of hydrogen-bond donors (Lipinski definition) is 4. The van der Waals surface area contributed by atoms with Crippen molar-refractivity contribution in [2.24, 2.45) is 5.92 Å². The van der Waals surface area contributed by atoms with Crippen LogP contribution in [-0.2, 0) is 25.7 Å². The summed E-state index contributed by atoms with van der Waals surface area (Å²) in [5.74, 6) is -0.310. The number of fused-ring (bicyclic) bond motifs is 1. The summed E-state index contributed by atoms with van der Waals surface area (Å²) in [6.45, 7) is 6.24. The molecule has 3 aromatic carbocycles. The maximum absolute atomic E-state index is 15.6. The lowest BCUT2D eigenvalue weighted by molar-refractivity contribution is -0.134. The van der Waals surface area contributed by atoms with Gasteiger partial charge in [-0.3, -0.25) is 34.8 Å². The molecule has 4 aromatic rings. The van der Waals surface area contributed by atoms with E-state index in [1.165, 1.54) is 6.07 Å². The van der Waals surface area contributed by atoms with E-state index >= 15 is 4.39 Å². The van der Waals surface area contributed by atoms with Crippen LogP contribution < -0.4 is 40.8 Å². The maximum atomic E-state index is 15.6. The van der Waals surface area contributed by atoms with Crippen molar-refractivity contribution in [3.8, 4) is 5.75 Å². The van der Waals surface area contributed by atoms with Crippen LogP contribution in [0, 0.1) is 11.7 Å². The number of nitrogens with zero attached hydrogens (tertiary/aromatic N) is 7. The molecule has 3 atom stereocenters. The number of nitrogens with one attached hydrogen (secondary N) is 4. The van der Waals surface area contributed by atoms with Gasteiger partial charge in [-0.05, 0) is 85.9 Å². The Hall–Kier alpha value is -6.86. The minimum absolute atomic E-state index is 0.0481. The van der Waals surface area contributed by atoms with Crippen molar-refractivity contribution in [2.75, 3.05) is 80.0 Å². The summed E-state index contributed by atoms with van der Waals surface area (Å²) in [6.07, 6.45) is 8.09. The Balaban J connectivity index is 0.812. The number of piperazine rings is 1. The second kappa shape index (κ2) is 22.1. The number of piperidine rings is 2. The SMILES string of the molecule is CC[C@@H]1C(=O)N(C)c2cnc(Nc3ccc(C(=O)NN4CCC(C(CN5CCN(c6ccc(C7CCC(=O)NC7=O)cc6F)CC5)NC(=O)OCc5ccccc5)CC4)cc3OC)nc2N1C1CCCC1. The number of amides is 5. The lowest BCUT2D eigenvalue weighted by atomic mass is 9.89. The first-order chi connectivity index (χ1) is 34.5. The molecule has 1 aliphatic carbocycles. The van der Waals surface area contributed by atoms with E-state index < -0.39 is 23.7 Å². The van der Waals surface area contributed by atoms with Crippen molar-refractivity contribution in [1.29, 1.82) is 0 Å². The first-order valence-corrected chi connectivity index (χ1v) is 25.0. The number of hydrogen-bond acceptors (Lipinski definition) is 14. The van der Waals surface area contributed by atoms with Crippen LogP contribution in [0.2, 0.25) is 0 Å². The Morgan fingerprint density at radius 3 is 2.37 bits per heavy atom. The summed E-state index contributed by atoms with van der Waals surface area (Å²) < 4.78 is 27.0. The number of carbonyl (C=O) groups is 5. The third kappa shape index (κ3) is 11.2. The van der Waals surface area contributed by atoms with Gasteiger partial charge in [-0.1, -0.05) is 56.2 Å². The molecule has 1 saturated carbocycles. The Morgan fingerprint density at radius 2 is 1.66 bits per heavy atom. The van der Waals surface area contributed by atoms with Crippen molar-refractivity contribution >= 4 is 58.6 Å². The Morgan fingerprint density at radius 1 is 0.901 bits per heavy atom. The fourth-order valence-electron chi connectivity index (χ4n) is 10.8. The van der Waals surface area contributed by atoms with E-state index in [2.05, 4.69) is 36.2 Å². The van der Waals surface area contributed by atoms with Crippen LogP contribution in [0.15, 0.2) is 72.9 Å². The zero-order valence-electron chi connectivity index (χ0n) is 40.7. The molecule has 18 nitrogen and oxygen atoms in total. The van der Waals surface area contributed by atoms with Gasteiger partial charge in [-0.2, -0.15) is 4.98 Å². The zero-order chi connectivity index (χ0) is 49.6. The first kappa shape index (κ1) is 49.1. The van der Waals surface area contributed by atoms with Crippen molar-refractivity contribution < 1.29 is 37.8 Å². The highest BCUT2D eigenvalue weighted by molar-refractivity contribution is 6.04. The predicted octanol–water partition coefficient (Wildman–Crippen LogP) is 5.87. The largest absolute Gasteiger partial charge is 0.495 e. The van der Waals surface area contributed by atoms with Gasteiger partial charge in [0.25, 0.3) is 5.91 Å². The highest BCUT2D eigenvalue weighted by Gasteiger charge is 2.41. The number of halogens is 1. The van der Waals surface area contributed by atoms with Gasteiger partial charge in [0.05, 0.1) is 30.6 Å². The van der Waals surface area contributed by atoms with Crippen LogP contribution in [-0.4, -0.2) is 128 Å². The molecule has 4 N–H and O–H groups in total. The van der Waals surface area contributed by atoms with Crippen LogP contribution in [0.3, 0.4) is 0 Å². The lowest BCUT2D eigenvalue weighted by Crippen LogP contribution is -2.56. The van der Waals surface area contributed by atoms with Gasteiger partial charge in [-0.25, -0.2) is 19.2 Å². The van der Waals surface area contributed by atoms with E-state index in [1.807, 2.05) is 47.2 Å². The molecule has 71 heavy (non-hydrogen) atoms. The predicted molar refractivity (Wildman–Crippen MR) is 266 cm³/mol. The third-order valence-corrected chi connectivity index (χ3v) is 14.8. The zero-order valence-corrected chi connectivity index (χ0v) is 40.7. The molecule has 2 unspecified atom stereocenters. The molecule has 376 valence electrons. The summed E-state index contributed by atoms with van der Waals surface area (Å²) in [5, 5.41) is 10.7. The number of anilines is 5. The van der Waals surface area contributed by atoms with Crippen LogP contribution in [0.25, 0.3) is 0 Å². The average molecular weight is 974 g/mol. The molecule has 1 aromatic heterocycles. The molecule has 5 aliphatic rings. The standard InChI is InChI=1S/C52H64FN11O7/c1-4-42-50(68)60(2)44-30-54-51(58-47(44)64(42)37-12-8-9-13-37)55-40-17-14-36(29-45(40)70-3)48(66)59-63-22-20-34(21-23-63)41(56-52(69)71-32-33-10-6-5-7-11-33)31-61-24-26-62(27-25-61)43-18-15-35(28-39(43)53)38-16-19-46(65)57-49(38)67/h5-7,10-11,14-15,17-18,28-30,34,37-38,41-42H,4,8-9,12-13,16,19-27,31-32H2,1-3H3,(H,56,69)(H,59,66)(H,54,55,58)(H,57,65,67)/t38?,41?,42-/m1/s1. The topological polar surface area (TPSA) is 194 Å². The number of likely N-dealkylation sites (N-methyl/N-ethyl adjacent to an activating group) is 1. The van der Waals surface area contributed by atoms with E-state index in [9.17, 15) is 24.0 Å². The molecular weight excluding hydrogens is 910 g/mol. The highest BCUT2D eigenvalue weighted by atomic mass is 19.1. The van der Waals surface area contributed by atoms with Gasteiger partial charge < -0.3 is 34.8 Å². The van der Waals surface area contributed by atoms with E-state index in [4.69, 9.17) is 14.5 Å². The average Bonchev–Trinajstić information content (AvgIpc) is 3.92. The molecule has 4 fully saturated rings. The second-order valence-corrected chi connectivity index (χ2v) is 19.2. The molecule has 5 heterocycles. The molecule has 0 radical (unpaired) electrons. The fraction of sp³-hybridized carbons (Fsp3) is 0.481. The summed E-state index contributed by atoms with van der Waals surface area (Å²) in [4.78, 5) is 82.2. The van der Waals surface area contributed by atoms with Gasteiger partial charge in [0.2, 0.25) is 23.7 Å². The van der Waals surface area contributed by atoms with Crippen LogP contribution in [0.5, 0.6) is 5.75 Å². The number of rotatable bonds is 15. The lowest BCUT2D eigenvalue weighted by Gasteiger charge is -2.43. The van der Waals surface area contributed by atoms with Gasteiger partial charge in [-0.15, -0.1) is 0 Å². The van der Waals surface area contributed by atoms with Crippen molar-refractivity contribution in [3.63, 3.8) is 0 Å².